The summed E-state index contributed by atoms with van der Waals surface area (Å²) in [4.78, 5) is 0. The Bertz CT molecular complexity index is 85.0. The summed E-state index contributed by atoms with van der Waals surface area (Å²) in [6.45, 7) is 0.708. The van der Waals surface area contributed by atoms with Crippen molar-refractivity contribution in [1.82, 2.24) is 6.15 Å². The SMILES string of the molecule is CC(=N)C(F)(F)F.N. The molecule has 0 saturated heterocycles. The van der Waals surface area contributed by atoms with Gasteiger partial charge in [0.1, 0.15) is 5.71 Å². The van der Waals surface area contributed by atoms with Crippen LogP contribution in [0, 0.1) is 5.41 Å². The van der Waals surface area contributed by atoms with Crippen molar-refractivity contribution >= 4 is 5.71 Å². The third-order valence-corrected chi connectivity index (χ3v) is 0.425. The molecule has 0 aromatic rings. The van der Waals surface area contributed by atoms with E-state index in [4.69, 9.17) is 5.41 Å². The minimum Gasteiger partial charge on any atom is -0.344 e. The highest BCUT2D eigenvalue weighted by Crippen LogP contribution is 2.14. The number of hydrogen-bond donors (Lipinski definition) is 2. The van der Waals surface area contributed by atoms with E-state index in [1.54, 1.807) is 0 Å². The van der Waals surface area contributed by atoms with E-state index in [-0.39, 0.29) is 6.15 Å². The van der Waals surface area contributed by atoms with E-state index < -0.39 is 11.9 Å². The Morgan fingerprint density at radius 3 is 1.50 bits per heavy atom. The molecule has 0 aliphatic carbocycles. The van der Waals surface area contributed by atoms with Crippen LogP contribution >= 0.6 is 0 Å². The average molecular weight is 128 g/mol. The molecular weight excluding hydrogens is 121 g/mol. The molecule has 0 atom stereocenters. The zero-order valence-electron chi connectivity index (χ0n) is 4.34. The zero-order chi connectivity index (χ0) is 6.08. The lowest BCUT2D eigenvalue weighted by molar-refractivity contribution is -0.0599. The number of hydrogen-bond acceptors (Lipinski definition) is 2. The van der Waals surface area contributed by atoms with Gasteiger partial charge in [0, 0.05) is 0 Å². The first-order valence-electron chi connectivity index (χ1n) is 1.57. The van der Waals surface area contributed by atoms with Crippen LogP contribution in [-0.4, -0.2) is 11.9 Å². The molecule has 0 saturated carbocycles. The molecule has 0 rings (SSSR count). The van der Waals surface area contributed by atoms with Gasteiger partial charge in [-0.3, -0.25) is 0 Å². The van der Waals surface area contributed by atoms with Crippen molar-refractivity contribution in [2.75, 3.05) is 0 Å². The first-order valence-corrected chi connectivity index (χ1v) is 1.57. The van der Waals surface area contributed by atoms with Crippen molar-refractivity contribution in [1.29, 1.82) is 5.41 Å². The Labute approximate surface area is 44.8 Å². The summed E-state index contributed by atoms with van der Waals surface area (Å²) in [5.74, 6) is 0. The Morgan fingerprint density at radius 2 is 1.50 bits per heavy atom. The summed E-state index contributed by atoms with van der Waals surface area (Å²) in [6.07, 6.45) is -4.42. The summed E-state index contributed by atoms with van der Waals surface area (Å²) in [7, 11) is 0. The van der Waals surface area contributed by atoms with Gasteiger partial charge in [0.05, 0.1) is 0 Å². The number of alkyl halides is 3. The standard InChI is InChI=1S/C3H4F3N.H3N/c1-2(7)3(4,5)6;/h7H,1H3;1H3. The summed E-state index contributed by atoms with van der Waals surface area (Å²) in [6, 6.07) is 0. The van der Waals surface area contributed by atoms with E-state index >= 15 is 0 Å². The second-order valence-corrected chi connectivity index (χ2v) is 1.12. The van der Waals surface area contributed by atoms with E-state index in [1.807, 2.05) is 0 Å². The van der Waals surface area contributed by atoms with Gasteiger partial charge in [0.2, 0.25) is 0 Å². The van der Waals surface area contributed by atoms with Gasteiger partial charge in [-0.15, -0.1) is 0 Å². The van der Waals surface area contributed by atoms with E-state index in [0.29, 0.717) is 6.92 Å². The van der Waals surface area contributed by atoms with Crippen molar-refractivity contribution in [2.24, 2.45) is 0 Å². The minimum absolute atomic E-state index is 0. The molecule has 0 amide bonds. The lowest BCUT2D eigenvalue weighted by Crippen LogP contribution is -2.17. The Hall–Kier alpha value is -0.580. The van der Waals surface area contributed by atoms with Crippen LogP contribution in [0.5, 0.6) is 0 Å². The molecule has 0 aromatic carbocycles. The summed E-state index contributed by atoms with van der Waals surface area (Å²) in [5.41, 5.74) is -1.26. The zero-order valence-corrected chi connectivity index (χ0v) is 4.34. The molecular formula is C3H7F3N2. The fraction of sp³-hybridized carbons (Fsp3) is 0.667. The molecule has 5 heteroatoms. The van der Waals surface area contributed by atoms with Crippen LogP contribution in [0.3, 0.4) is 0 Å². The molecule has 8 heavy (non-hydrogen) atoms. The van der Waals surface area contributed by atoms with Gasteiger partial charge in [-0.05, 0) is 6.92 Å². The van der Waals surface area contributed by atoms with Crippen molar-refractivity contribution in [3.05, 3.63) is 0 Å². The molecule has 50 valence electrons. The summed E-state index contributed by atoms with van der Waals surface area (Å²) in [5, 5.41) is 6.02. The topological polar surface area (TPSA) is 58.9 Å². The van der Waals surface area contributed by atoms with Crippen LogP contribution < -0.4 is 6.15 Å². The van der Waals surface area contributed by atoms with Gasteiger partial charge in [0.25, 0.3) is 0 Å². The molecule has 0 aliphatic rings. The van der Waals surface area contributed by atoms with Crippen LogP contribution in [0.1, 0.15) is 6.92 Å². The van der Waals surface area contributed by atoms with Crippen molar-refractivity contribution in [2.45, 2.75) is 13.1 Å². The van der Waals surface area contributed by atoms with E-state index in [9.17, 15) is 13.2 Å². The smallest absolute Gasteiger partial charge is 0.344 e. The average Bonchev–Trinajstić information content (AvgIpc) is 1.31. The van der Waals surface area contributed by atoms with E-state index in [2.05, 4.69) is 0 Å². The van der Waals surface area contributed by atoms with Crippen LogP contribution in [-0.2, 0) is 0 Å². The lowest BCUT2D eigenvalue weighted by Gasteiger charge is -1.99. The van der Waals surface area contributed by atoms with Gasteiger partial charge >= 0.3 is 6.18 Å². The maximum Gasteiger partial charge on any atom is 0.428 e. The molecule has 4 N–H and O–H groups in total. The molecule has 0 unspecified atom stereocenters. The fourth-order valence-electron chi connectivity index (χ4n) is 0. The summed E-state index contributed by atoms with van der Waals surface area (Å²) < 4.78 is 32.9. The molecule has 0 radical (unpaired) electrons. The molecule has 0 spiro atoms. The number of rotatable bonds is 0. The predicted octanol–water partition coefficient (Wildman–Crippen LogP) is 1.75. The predicted molar refractivity (Wildman–Crippen MR) is 24.5 cm³/mol. The molecule has 0 aromatic heterocycles. The Morgan fingerprint density at radius 1 is 1.38 bits per heavy atom. The van der Waals surface area contributed by atoms with Gasteiger partial charge in [-0.1, -0.05) is 0 Å². The second-order valence-electron chi connectivity index (χ2n) is 1.12. The molecule has 0 aliphatic heterocycles. The van der Waals surface area contributed by atoms with Gasteiger partial charge in [-0.2, -0.15) is 13.2 Å². The maximum atomic E-state index is 11.0. The molecule has 2 nitrogen and oxygen atoms in total. The molecule has 0 fully saturated rings. The van der Waals surface area contributed by atoms with Crippen molar-refractivity contribution in [3.8, 4) is 0 Å². The second kappa shape index (κ2) is 2.66. The first-order chi connectivity index (χ1) is 2.94. The van der Waals surface area contributed by atoms with Gasteiger partial charge in [0.15, 0.2) is 0 Å². The third kappa shape index (κ3) is 3.60. The van der Waals surface area contributed by atoms with E-state index in [1.165, 1.54) is 0 Å². The highest BCUT2D eigenvalue weighted by Gasteiger charge is 2.29. The Balaban J connectivity index is 0. The summed E-state index contributed by atoms with van der Waals surface area (Å²) >= 11 is 0. The van der Waals surface area contributed by atoms with Crippen molar-refractivity contribution in [3.63, 3.8) is 0 Å². The lowest BCUT2D eigenvalue weighted by atomic mass is 10.4. The maximum absolute atomic E-state index is 11.0. The molecule has 0 bridgehead atoms. The highest BCUT2D eigenvalue weighted by molar-refractivity contribution is 5.84. The first kappa shape index (κ1) is 10.4. The Kier molecular flexibility index (Phi) is 3.46. The van der Waals surface area contributed by atoms with Crippen LogP contribution in [0.4, 0.5) is 13.2 Å². The normalized spacial score (nSPS) is 10.0. The van der Waals surface area contributed by atoms with Gasteiger partial charge in [-0.25, -0.2) is 0 Å². The van der Waals surface area contributed by atoms with Gasteiger partial charge < -0.3 is 11.6 Å². The third-order valence-electron chi connectivity index (χ3n) is 0.425. The van der Waals surface area contributed by atoms with Crippen LogP contribution in [0.2, 0.25) is 0 Å². The molecule has 0 heterocycles. The number of nitrogens with one attached hydrogen (secondary N) is 1. The van der Waals surface area contributed by atoms with Crippen molar-refractivity contribution < 1.29 is 13.2 Å². The number of halogens is 3. The highest BCUT2D eigenvalue weighted by atomic mass is 19.4. The van der Waals surface area contributed by atoms with Crippen LogP contribution in [0.15, 0.2) is 0 Å². The largest absolute Gasteiger partial charge is 0.428 e. The monoisotopic (exact) mass is 128 g/mol. The quantitative estimate of drug-likeness (QED) is 0.479. The van der Waals surface area contributed by atoms with Crippen LogP contribution in [0.25, 0.3) is 0 Å². The minimum atomic E-state index is -4.42. The van der Waals surface area contributed by atoms with E-state index in [0.717, 1.165) is 0 Å². The fourth-order valence-corrected chi connectivity index (χ4v) is 0.